The minimum atomic E-state index is -0.304. The van der Waals surface area contributed by atoms with Crippen LogP contribution in [0.3, 0.4) is 0 Å². The predicted molar refractivity (Wildman–Crippen MR) is 102 cm³/mol. The van der Waals surface area contributed by atoms with Crippen LogP contribution in [0.25, 0.3) is 11.3 Å². The Morgan fingerprint density at radius 3 is 2.50 bits per heavy atom. The molecular weight excluding hydrogens is 326 g/mol. The maximum atomic E-state index is 11.7. The molecule has 3 rings (SSSR count). The van der Waals surface area contributed by atoms with Gasteiger partial charge in [0.15, 0.2) is 0 Å². The van der Waals surface area contributed by atoms with E-state index in [-0.39, 0.29) is 5.97 Å². The van der Waals surface area contributed by atoms with Crippen LogP contribution < -0.4 is 5.32 Å². The van der Waals surface area contributed by atoms with E-state index >= 15 is 0 Å². The number of ether oxygens (including phenoxy) is 1. The molecule has 0 amide bonds. The first-order chi connectivity index (χ1) is 12.8. The van der Waals surface area contributed by atoms with E-state index in [0.29, 0.717) is 18.7 Å². The molecule has 134 valence electrons. The Balaban J connectivity index is 1.52. The highest BCUT2D eigenvalue weighted by Crippen LogP contribution is 2.22. The van der Waals surface area contributed by atoms with E-state index in [1.807, 2.05) is 30.3 Å². The molecule has 1 heterocycles. The number of nitrogens with one attached hydrogen (secondary N) is 1. The predicted octanol–water partition coefficient (Wildman–Crippen LogP) is 4.46. The summed E-state index contributed by atoms with van der Waals surface area (Å²) in [4.78, 5) is 11.7. The summed E-state index contributed by atoms with van der Waals surface area (Å²) in [6.45, 7) is 3.76. The standard InChI is InChI=1S/C22H23NO3/c1-2-25-22(24)19-10-8-18(9-11-19)21-13-12-20(26-21)16-23-15-14-17-6-4-3-5-7-17/h3-13,23H,2,14-16H2,1H3. The highest BCUT2D eigenvalue weighted by Gasteiger charge is 2.08. The number of benzene rings is 2. The molecule has 0 aliphatic rings. The van der Waals surface area contributed by atoms with Crippen molar-refractivity contribution in [3.05, 3.63) is 83.6 Å². The van der Waals surface area contributed by atoms with Gasteiger partial charge in [0.1, 0.15) is 11.5 Å². The van der Waals surface area contributed by atoms with E-state index < -0.39 is 0 Å². The molecule has 1 N–H and O–H groups in total. The van der Waals surface area contributed by atoms with Gasteiger partial charge in [0, 0.05) is 5.56 Å². The minimum Gasteiger partial charge on any atom is -0.462 e. The van der Waals surface area contributed by atoms with Crippen LogP contribution in [0.5, 0.6) is 0 Å². The highest BCUT2D eigenvalue weighted by atomic mass is 16.5. The number of hydrogen-bond acceptors (Lipinski definition) is 4. The Bertz CT molecular complexity index is 822. The molecule has 0 aliphatic carbocycles. The molecule has 0 atom stereocenters. The first-order valence-corrected chi connectivity index (χ1v) is 8.87. The average molecular weight is 349 g/mol. The maximum absolute atomic E-state index is 11.7. The molecule has 0 radical (unpaired) electrons. The van der Waals surface area contributed by atoms with E-state index in [1.54, 1.807) is 19.1 Å². The molecule has 1 aromatic heterocycles. The third-order valence-corrected chi connectivity index (χ3v) is 4.07. The zero-order valence-electron chi connectivity index (χ0n) is 14.9. The lowest BCUT2D eigenvalue weighted by Crippen LogP contribution is -2.16. The van der Waals surface area contributed by atoms with Crippen molar-refractivity contribution in [2.24, 2.45) is 0 Å². The lowest BCUT2D eigenvalue weighted by molar-refractivity contribution is 0.0526. The lowest BCUT2D eigenvalue weighted by atomic mass is 10.1. The SMILES string of the molecule is CCOC(=O)c1ccc(-c2ccc(CNCCc3ccccc3)o2)cc1. The molecule has 0 saturated heterocycles. The van der Waals surface area contributed by atoms with Crippen molar-refractivity contribution in [2.75, 3.05) is 13.2 Å². The third kappa shape index (κ3) is 4.83. The fraction of sp³-hybridized carbons (Fsp3) is 0.227. The molecule has 0 spiro atoms. The zero-order valence-corrected chi connectivity index (χ0v) is 14.9. The van der Waals surface area contributed by atoms with Crippen molar-refractivity contribution in [1.82, 2.24) is 5.32 Å². The van der Waals surface area contributed by atoms with Crippen LogP contribution >= 0.6 is 0 Å². The maximum Gasteiger partial charge on any atom is 0.338 e. The molecule has 26 heavy (non-hydrogen) atoms. The van der Waals surface area contributed by atoms with Gasteiger partial charge < -0.3 is 14.5 Å². The van der Waals surface area contributed by atoms with Gasteiger partial charge in [-0.3, -0.25) is 0 Å². The normalized spacial score (nSPS) is 10.7. The van der Waals surface area contributed by atoms with Gasteiger partial charge in [-0.05, 0) is 49.7 Å². The second kappa shape index (κ2) is 9.02. The Hall–Kier alpha value is -2.85. The largest absolute Gasteiger partial charge is 0.462 e. The molecular formula is C22H23NO3. The van der Waals surface area contributed by atoms with Gasteiger partial charge in [0.25, 0.3) is 0 Å². The molecule has 3 aromatic rings. The van der Waals surface area contributed by atoms with Crippen LogP contribution in [0.1, 0.15) is 28.6 Å². The van der Waals surface area contributed by atoms with Gasteiger partial charge in [0.2, 0.25) is 0 Å². The minimum absolute atomic E-state index is 0.304. The summed E-state index contributed by atoms with van der Waals surface area (Å²) < 4.78 is 10.9. The second-order valence-corrected chi connectivity index (χ2v) is 5.98. The van der Waals surface area contributed by atoms with Crippen molar-refractivity contribution in [3.63, 3.8) is 0 Å². The Morgan fingerprint density at radius 2 is 1.77 bits per heavy atom. The molecule has 0 fully saturated rings. The summed E-state index contributed by atoms with van der Waals surface area (Å²) >= 11 is 0. The molecule has 4 nitrogen and oxygen atoms in total. The van der Waals surface area contributed by atoms with Crippen molar-refractivity contribution in [3.8, 4) is 11.3 Å². The molecule has 2 aromatic carbocycles. The van der Waals surface area contributed by atoms with E-state index in [9.17, 15) is 4.79 Å². The van der Waals surface area contributed by atoms with Crippen LogP contribution in [-0.2, 0) is 17.7 Å². The number of hydrogen-bond donors (Lipinski definition) is 1. The van der Waals surface area contributed by atoms with Gasteiger partial charge in [-0.15, -0.1) is 0 Å². The summed E-state index contributed by atoms with van der Waals surface area (Å²) in [6, 6.07) is 21.6. The van der Waals surface area contributed by atoms with Crippen LogP contribution in [0.15, 0.2) is 71.1 Å². The smallest absolute Gasteiger partial charge is 0.338 e. The zero-order chi connectivity index (χ0) is 18.2. The van der Waals surface area contributed by atoms with E-state index in [1.165, 1.54) is 5.56 Å². The van der Waals surface area contributed by atoms with Crippen LogP contribution in [-0.4, -0.2) is 19.1 Å². The second-order valence-electron chi connectivity index (χ2n) is 5.98. The summed E-state index contributed by atoms with van der Waals surface area (Å²) in [5.41, 5.74) is 2.81. The molecule has 4 heteroatoms. The summed E-state index contributed by atoms with van der Waals surface area (Å²) in [5, 5.41) is 3.40. The van der Waals surface area contributed by atoms with Crippen molar-refractivity contribution in [1.29, 1.82) is 0 Å². The van der Waals surface area contributed by atoms with E-state index in [4.69, 9.17) is 9.15 Å². The fourth-order valence-corrected chi connectivity index (χ4v) is 2.70. The van der Waals surface area contributed by atoms with E-state index in [0.717, 1.165) is 30.0 Å². The first-order valence-electron chi connectivity index (χ1n) is 8.87. The quantitative estimate of drug-likeness (QED) is 0.482. The Labute approximate surface area is 153 Å². The number of furan rings is 1. The van der Waals surface area contributed by atoms with Crippen LogP contribution in [0, 0.1) is 0 Å². The summed E-state index contributed by atoms with van der Waals surface area (Å²) in [6.07, 6.45) is 0.990. The van der Waals surface area contributed by atoms with Crippen LogP contribution in [0.4, 0.5) is 0 Å². The number of carbonyl (C=O) groups excluding carboxylic acids is 1. The Kier molecular flexibility index (Phi) is 6.23. The van der Waals surface area contributed by atoms with Gasteiger partial charge in [-0.2, -0.15) is 0 Å². The van der Waals surface area contributed by atoms with Gasteiger partial charge in [-0.1, -0.05) is 42.5 Å². The van der Waals surface area contributed by atoms with Gasteiger partial charge in [0.05, 0.1) is 18.7 Å². The third-order valence-electron chi connectivity index (χ3n) is 4.07. The molecule has 0 aliphatic heterocycles. The van der Waals surface area contributed by atoms with Crippen molar-refractivity contribution < 1.29 is 13.9 Å². The molecule has 0 unspecified atom stereocenters. The molecule has 0 bridgehead atoms. The van der Waals surface area contributed by atoms with Gasteiger partial charge >= 0.3 is 5.97 Å². The van der Waals surface area contributed by atoms with E-state index in [2.05, 4.69) is 29.6 Å². The topological polar surface area (TPSA) is 51.5 Å². The summed E-state index contributed by atoms with van der Waals surface area (Å²) in [5.74, 6) is 1.38. The average Bonchev–Trinajstić information content (AvgIpc) is 3.15. The van der Waals surface area contributed by atoms with Crippen molar-refractivity contribution in [2.45, 2.75) is 19.9 Å². The number of carbonyl (C=O) groups is 1. The first kappa shape index (κ1) is 18.0. The Morgan fingerprint density at radius 1 is 1.00 bits per heavy atom. The monoisotopic (exact) mass is 349 g/mol. The lowest BCUT2D eigenvalue weighted by Gasteiger charge is -2.04. The highest BCUT2D eigenvalue weighted by molar-refractivity contribution is 5.89. The van der Waals surface area contributed by atoms with Crippen molar-refractivity contribution >= 4 is 5.97 Å². The molecule has 0 saturated carbocycles. The van der Waals surface area contributed by atoms with Gasteiger partial charge in [-0.25, -0.2) is 4.79 Å². The fourth-order valence-electron chi connectivity index (χ4n) is 2.70. The number of rotatable bonds is 8. The summed E-state index contributed by atoms with van der Waals surface area (Å²) in [7, 11) is 0. The number of esters is 1. The van der Waals surface area contributed by atoms with Crippen LogP contribution in [0.2, 0.25) is 0 Å².